The summed E-state index contributed by atoms with van der Waals surface area (Å²) in [6.07, 6.45) is 2.49. The third-order valence-electron chi connectivity index (χ3n) is 4.17. The summed E-state index contributed by atoms with van der Waals surface area (Å²) in [5.74, 6) is 3.23. The van der Waals surface area contributed by atoms with Gasteiger partial charge in [-0.25, -0.2) is 0 Å². The fourth-order valence-electron chi connectivity index (χ4n) is 2.77. The molecule has 1 aromatic heterocycles. The smallest absolute Gasteiger partial charge is 0.321 e. The van der Waals surface area contributed by atoms with Crippen LogP contribution < -0.4 is 0 Å². The maximum Gasteiger partial charge on any atom is 0.321 e. The molecule has 7 heteroatoms. The molecule has 1 aliphatic carbocycles. The van der Waals surface area contributed by atoms with Gasteiger partial charge >= 0.3 is 5.97 Å². The first-order chi connectivity index (χ1) is 10.2. The van der Waals surface area contributed by atoms with Crippen molar-refractivity contribution >= 4 is 29.5 Å². The number of carbonyl (C=O) groups excluding carboxylic acids is 1. The first kappa shape index (κ1) is 15.2. The Morgan fingerprint density at radius 2 is 2.19 bits per heavy atom. The Balaban J connectivity index is 1.81. The minimum absolute atomic E-state index is 0.217. The Hall–Kier alpha value is -0.690. The Morgan fingerprint density at radius 3 is 2.81 bits per heavy atom. The molecule has 2 heterocycles. The zero-order valence-electron chi connectivity index (χ0n) is 12.3. The number of aromatic nitrogens is 2. The summed E-state index contributed by atoms with van der Waals surface area (Å²) in [6, 6.07) is 0. The van der Waals surface area contributed by atoms with Crippen molar-refractivity contribution < 1.29 is 14.1 Å². The number of rotatable bonds is 4. The van der Waals surface area contributed by atoms with Gasteiger partial charge < -0.3 is 9.26 Å². The van der Waals surface area contributed by atoms with Crippen LogP contribution in [0.25, 0.3) is 0 Å². The van der Waals surface area contributed by atoms with Gasteiger partial charge in [-0.1, -0.05) is 18.5 Å². The molecular weight excluding hydrogens is 308 g/mol. The lowest BCUT2D eigenvalue weighted by atomic mass is 9.68. The van der Waals surface area contributed by atoms with E-state index in [1.54, 1.807) is 0 Å². The second kappa shape index (κ2) is 6.20. The largest absolute Gasteiger partial charge is 0.465 e. The van der Waals surface area contributed by atoms with Gasteiger partial charge in [0.25, 0.3) is 0 Å². The van der Waals surface area contributed by atoms with E-state index in [-0.39, 0.29) is 11.2 Å². The Kier molecular flexibility index (Phi) is 4.49. The quantitative estimate of drug-likeness (QED) is 0.787. The van der Waals surface area contributed by atoms with E-state index in [1.807, 2.05) is 30.4 Å². The first-order valence-electron chi connectivity index (χ1n) is 7.42. The molecule has 0 aromatic carbocycles. The molecule has 1 saturated heterocycles. The van der Waals surface area contributed by atoms with Gasteiger partial charge in [0.15, 0.2) is 5.82 Å². The summed E-state index contributed by atoms with van der Waals surface area (Å²) >= 11 is 3.81. The SMILES string of the molecule is CCOC(=O)C1(c2nc(C3SCCSC3C)no2)CCC1. The van der Waals surface area contributed by atoms with Crippen molar-refractivity contribution in [1.29, 1.82) is 0 Å². The van der Waals surface area contributed by atoms with Gasteiger partial charge in [0.1, 0.15) is 5.41 Å². The minimum Gasteiger partial charge on any atom is -0.465 e. The molecule has 1 saturated carbocycles. The van der Waals surface area contributed by atoms with E-state index in [4.69, 9.17) is 9.26 Å². The Bertz CT molecular complexity index is 516. The van der Waals surface area contributed by atoms with Crippen molar-refractivity contribution in [1.82, 2.24) is 10.1 Å². The molecule has 0 amide bonds. The van der Waals surface area contributed by atoms with Crippen LogP contribution in [0.2, 0.25) is 0 Å². The molecule has 0 spiro atoms. The number of hydrogen-bond acceptors (Lipinski definition) is 7. The van der Waals surface area contributed by atoms with Gasteiger partial charge in [-0.2, -0.15) is 16.7 Å². The Labute approximate surface area is 133 Å². The molecule has 2 atom stereocenters. The summed E-state index contributed by atoms with van der Waals surface area (Å²) in [7, 11) is 0. The van der Waals surface area contributed by atoms with E-state index in [2.05, 4.69) is 17.1 Å². The predicted molar refractivity (Wildman–Crippen MR) is 83.6 cm³/mol. The van der Waals surface area contributed by atoms with Crippen LogP contribution in [0.1, 0.15) is 50.1 Å². The molecule has 2 unspecified atom stereocenters. The molecule has 0 N–H and O–H groups in total. The predicted octanol–water partition coefficient (Wildman–Crippen LogP) is 2.96. The monoisotopic (exact) mass is 328 g/mol. The first-order valence-corrected chi connectivity index (χ1v) is 9.51. The van der Waals surface area contributed by atoms with Crippen molar-refractivity contribution in [2.45, 2.75) is 49.0 Å². The molecule has 0 bridgehead atoms. The third kappa shape index (κ3) is 2.70. The zero-order valence-corrected chi connectivity index (χ0v) is 14.0. The van der Waals surface area contributed by atoms with Gasteiger partial charge in [-0.3, -0.25) is 4.79 Å². The average Bonchev–Trinajstić information content (AvgIpc) is 2.88. The van der Waals surface area contributed by atoms with Crippen molar-refractivity contribution in [2.24, 2.45) is 0 Å². The number of esters is 1. The second-order valence-electron chi connectivity index (χ2n) is 5.48. The van der Waals surface area contributed by atoms with Crippen LogP contribution in [-0.2, 0) is 14.9 Å². The second-order valence-corrected chi connectivity index (χ2v) is 8.22. The lowest BCUT2D eigenvalue weighted by Gasteiger charge is -2.35. The van der Waals surface area contributed by atoms with Crippen molar-refractivity contribution in [3.05, 3.63) is 11.7 Å². The normalized spacial score (nSPS) is 27.9. The van der Waals surface area contributed by atoms with E-state index in [0.29, 0.717) is 17.7 Å². The van der Waals surface area contributed by atoms with Crippen LogP contribution >= 0.6 is 23.5 Å². The number of ether oxygens (including phenoxy) is 1. The van der Waals surface area contributed by atoms with E-state index in [0.717, 1.165) is 30.8 Å². The number of nitrogens with zero attached hydrogens (tertiary/aromatic N) is 2. The fourth-order valence-corrected chi connectivity index (χ4v) is 5.45. The van der Waals surface area contributed by atoms with Gasteiger partial charge in [0, 0.05) is 16.8 Å². The van der Waals surface area contributed by atoms with E-state index in [1.165, 1.54) is 5.75 Å². The fraction of sp³-hybridized carbons (Fsp3) is 0.786. The van der Waals surface area contributed by atoms with Crippen LogP contribution in [0.5, 0.6) is 0 Å². The molecule has 3 rings (SSSR count). The zero-order chi connectivity index (χ0) is 14.9. The highest BCUT2D eigenvalue weighted by atomic mass is 32.2. The summed E-state index contributed by atoms with van der Waals surface area (Å²) in [5.41, 5.74) is -0.684. The third-order valence-corrected chi connectivity index (χ3v) is 7.25. The molecule has 2 fully saturated rings. The number of carbonyl (C=O) groups is 1. The Morgan fingerprint density at radius 1 is 1.43 bits per heavy atom. The molecule has 21 heavy (non-hydrogen) atoms. The van der Waals surface area contributed by atoms with Crippen LogP contribution in [0.15, 0.2) is 4.52 Å². The van der Waals surface area contributed by atoms with E-state index >= 15 is 0 Å². The van der Waals surface area contributed by atoms with Gasteiger partial charge in [0.2, 0.25) is 5.89 Å². The van der Waals surface area contributed by atoms with Crippen LogP contribution in [0.4, 0.5) is 0 Å². The van der Waals surface area contributed by atoms with Gasteiger partial charge in [-0.05, 0) is 19.8 Å². The number of thioether (sulfide) groups is 2. The molecule has 0 radical (unpaired) electrons. The summed E-state index contributed by atoms with van der Waals surface area (Å²) in [6.45, 7) is 4.40. The van der Waals surface area contributed by atoms with Crippen LogP contribution in [0, 0.1) is 0 Å². The number of hydrogen-bond donors (Lipinski definition) is 0. The molecule has 1 aliphatic heterocycles. The average molecular weight is 328 g/mol. The van der Waals surface area contributed by atoms with E-state index in [9.17, 15) is 4.79 Å². The maximum absolute atomic E-state index is 12.2. The van der Waals surface area contributed by atoms with Crippen LogP contribution in [-0.4, -0.2) is 39.5 Å². The molecule has 2 aliphatic rings. The van der Waals surface area contributed by atoms with Gasteiger partial charge in [-0.15, -0.1) is 11.8 Å². The highest BCUT2D eigenvalue weighted by molar-refractivity contribution is 8.06. The highest BCUT2D eigenvalue weighted by Gasteiger charge is 2.52. The van der Waals surface area contributed by atoms with E-state index < -0.39 is 5.41 Å². The van der Waals surface area contributed by atoms with Crippen molar-refractivity contribution in [2.75, 3.05) is 18.1 Å². The van der Waals surface area contributed by atoms with Crippen molar-refractivity contribution in [3.63, 3.8) is 0 Å². The topological polar surface area (TPSA) is 65.2 Å². The van der Waals surface area contributed by atoms with Crippen molar-refractivity contribution in [3.8, 4) is 0 Å². The molecule has 1 aromatic rings. The van der Waals surface area contributed by atoms with Gasteiger partial charge in [0.05, 0.1) is 11.9 Å². The summed E-state index contributed by atoms with van der Waals surface area (Å²) in [5, 5.41) is 4.87. The lowest BCUT2D eigenvalue weighted by molar-refractivity contribution is -0.155. The lowest BCUT2D eigenvalue weighted by Crippen LogP contribution is -2.44. The minimum atomic E-state index is -0.684. The standard InChI is InChI=1S/C14H20N2O3S2/c1-3-18-13(17)14(5-4-6-14)12-15-11(16-19-12)10-9(2)20-7-8-21-10/h9-10H,3-8H2,1-2H3. The van der Waals surface area contributed by atoms with Crippen LogP contribution in [0.3, 0.4) is 0 Å². The maximum atomic E-state index is 12.2. The highest BCUT2D eigenvalue weighted by Crippen LogP contribution is 2.46. The molecular formula is C14H20N2O3S2. The molecule has 5 nitrogen and oxygen atoms in total. The summed E-state index contributed by atoms with van der Waals surface area (Å²) in [4.78, 5) is 16.8. The summed E-state index contributed by atoms with van der Waals surface area (Å²) < 4.78 is 10.7. The molecule has 116 valence electrons.